The number of aromatic nitrogens is 1. The zero-order chi connectivity index (χ0) is 9.26. The molecule has 0 amide bonds. The Balaban J connectivity index is 1.99. The quantitative estimate of drug-likeness (QED) is 0.849. The number of nitrogens with zero attached hydrogens (tertiary/aromatic N) is 2. The molecular formula is C9H11BrN2O. The molecule has 1 aromatic rings. The summed E-state index contributed by atoms with van der Waals surface area (Å²) in [5, 5.41) is 8.84. The molecule has 0 atom stereocenters. The van der Waals surface area contributed by atoms with Crippen LogP contribution in [0.4, 0.5) is 5.82 Å². The summed E-state index contributed by atoms with van der Waals surface area (Å²) in [5.74, 6) is 1.43. The maximum Gasteiger partial charge on any atom is 0.128 e. The molecule has 1 saturated heterocycles. The van der Waals surface area contributed by atoms with Gasteiger partial charge in [0.15, 0.2) is 0 Å². The Kier molecular flexibility index (Phi) is 2.51. The van der Waals surface area contributed by atoms with E-state index in [9.17, 15) is 0 Å². The second-order valence-electron chi connectivity index (χ2n) is 3.29. The molecule has 0 saturated carbocycles. The van der Waals surface area contributed by atoms with Crippen molar-refractivity contribution in [1.29, 1.82) is 0 Å². The average Bonchev–Trinajstić information content (AvgIpc) is 2.06. The van der Waals surface area contributed by atoms with Crippen molar-refractivity contribution in [2.45, 2.75) is 0 Å². The minimum absolute atomic E-state index is 0.285. The van der Waals surface area contributed by atoms with Crippen molar-refractivity contribution >= 4 is 21.7 Å². The van der Waals surface area contributed by atoms with Crippen LogP contribution in [-0.4, -0.2) is 29.8 Å². The highest BCUT2D eigenvalue weighted by molar-refractivity contribution is 9.10. The summed E-state index contributed by atoms with van der Waals surface area (Å²) >= 11 is 3.34. The van der Waals surface area contributed by atoms with Crippen LogP contribution in [0.1, 0.15) is 0 Å². The smallest absolute Gasteiger partial charge is 0.128 e. The van der Waals surface area contributed by atoms with Crippen LogP contribution in [0.15, 0.2) is 22.8 Å². The van der Waals surface area contributed by atoms with E-state index in [2.05, 4.69) is 25.8 Å². The molecule has 0 aliphatic carbocycles. The molecule has 4 heteroatoms. The standard InChI is InChI=1S/C9H11BrN2O/c10-8-1-2-9(11-3-8)12-4-7(5-12)6-13/h1-3,7,13H,4-6H2. The molecule has 1 N–H and O–H groups in total. The third kappa shape index (κ3) is 1.84. The summed E-state index contributed by atoms with van der Waals surface area (Å²) in [6.07, 6.45) is 1.79. The highest BCUT2D eigenvalue weighted by Gasteiger charge is 2.26. The molecule has 1 aromatic heterocycles. The van der Waals surface area contributed by atoms with Crippen molar-refractivity contribution in [2.24, 2.45) is 5.92 Å². The summed E-state index contributed by atoms with van der Waals surface area (Å²) in [7, 11) is 0. The molecule has 3 nitrogen and oxygen atoms in total. The molecule has 0 aromatic carbocycles. The summed E-state index contributed by atoms with van der Waals surface area (Å²) < 4.78 is 0.996. The van der Waals surface area contributed by atoms with E-state index >= 15 is 0 Å². The minimum atomic E-state index is 0.285. The first-order chi connectivity index (χ1) is 6.29. The monoisotopic (exact) mass is 242 g/mol. The van der Waals surface area contributed by atoms with Gasteiger partial charge in [-0.15, -0.1) is 0 Å². The van der Waals surface area contributed by atoms with E-state index in [1.807, 2.05) is 12.1 Å². The van der Waals surface area contributed by atoms with Crippen LogP contribution in [0, 0.1) is 5.92 Å². The van der Waals surface area contributed by atoms with Crippen LogP contribution in [0.5, 0.6) is 0 Å². The first-order valence-corrected chi connectivity index (χ1v) is 5.06. The number of hydrogen-bond donors (Lipinski definition) is 1. The van der Waals surface area contributed by atoms with Gasteiger partial charge in [0.2, 0.25) is 0 Å². The summed E-state index contributed by atoms with van der Waals surface area (Å²) in [4.78, 5) is 6.43. The zero-order valence-corrected chi connectivity index (χ0v) is 8.74. The first-order valence-electron chi connectivity index (χ1n) is 4.27. The summed E-state index contributed by atoms with van der Waals surface area (Å²) in [5.41, 5.74) is 0. The van der Waals surface area contributed by atoms with E-state index in [1.54, 1.807) is 6.20 Å². The highest BCUT2D eigenvalue weighted by Crippen LogP contribution is 2.22. The Morgan fingerprint density at radius 1 is 1.54 bits per heavy atom. The van der Waals surface area contributed by atoms with Crippen molar-refractivity contribution in [3.05, 3.63) is 22.8 Å². The third-order valence-electron chi connectivity index (χ3n) is 2.25. The van der Waals surface area contributed by atoms with Crippen molar-refractivity contribution in [2.75, 3.05) is 24.6 Å². The molecule has 0 spiro atoms. The van der Waals surface area contributed by atoms with Crippen LogP contribution in [0.2, 0.25) is 0 Å². The van der Waals surface area contributed by atoms with E-state index in [1.165, 1.54) is 0 Å². The molecule has 0 radical (unpaired) electrons. The Morgan fingerprint density at radius 3 is 2.85 bits per heavy atom. The number of hydrogen-bond acceptors (Lipinski definition) is 3. The van der Waals surface area contributed by atoms with Crippen molar-refractivity contribution in [1.82, 2.24) is 4.98 Å². The van der Waals surface area contributed by atoms with Crippen LogP contribution in [0.25, 0.3) is 0 Å². The van der Waals surface area contributed by atoms with Gasteiger partial charge in [-0.05, 0) is 28.1 Å². The molecule has 1 aliphatic rings. The second-order valence-corrected chi connectivity index (χ2v) is 4.20. The summed E-state index contributed by atoms with van der Waals surface area (Å²) in [6, 6.07) is 3.96. The van der Waals surface area contributed by atoms with Gasteiger partial charge in [0.25, 0.3) is 0 Å². The van der Waals surface area contributed by atoms with Gasteiger partial charge in [-0.1, -0.05) is 0 Å². The number of aliphatic hydroxyl groups is 1. The number of aliphatic hydroxyl groups excluding tert-OH is 1. The van der Waals surface area contributed by atoms with Gasteiger partial charge in [-0.3, -0.25) is 0 Å². The number of anilines is 1. The predicted molar refractivity (Wildman–Crippen MR) is 54.7 cm³/mol. The van der Waals surface area contributed by atoms with Crippen LogP contribution >= 0.6 is 15.9 Å². The van der Waals surface area contributed by atoms with Gasteiger partial charge in [0.05, 0.1) is 0 Å². The van der Waals surface area contributed by atoms with Gasteiger partial charge < -0.3 is 10.0 Å². The Bertz CT molecular complexity index is 282. The number of halogens is 1. The SMILES string of the molecule is OCC1CN(c2ccc(Br)cn2)C1. The van der Waals surface area contributed by atoms with E-state index < -0.39 is 0 Å². The highest BCUT2D eigenvalue weighted by atomic mass is 79.9. The Hall–Kier alpha value is -0.610. The molecule has 70 valence electrons. The number of pyridine rings is 1. The maximum atomic E-state index is 8.84. The largest absolute Gasteiger partial charge is 0.396 e. The Morgan fingerprint density at radius 2 is 2.31 bits per heavy atom. The Labute approximate surface area is 85.5 Å². The lowest BCUT2D eigenvalue weighted by Gasteiger charge is -2.39. The van der Waals surface area contributed by atoms with Gasteiger partial charge in [-0.2, -0.15) is 0 Å². The van der Waals surface area contributed by atoms with Crippen molar-refractivity contribution in [3.63, 3.8) is 0 Å². The maximum absolute atomic E-state index is 8.84. The lowest BCUT2D eigenvalue weighted by molar-refractivity contribution is 0.200. The zero-order valence-electron chi connectivity index (χ0n) is 7.15. The van der Waals surface area contributed by atoms with Crippen molar-refractivity contribution in [3.8, 4) is 0 Å². The molecule has 13 heavy (non-hydrogen) atoms. The third-order valence-corrected chi connectivity index (χ3v) is 2.72. The fourth-order valence-corrected chi connectivity index (χ4v) is 1.66. The van der Waals surface area contributed by atoms with E-state index in [-0.39, 0.29) is 6.61 Å². The number of rotatable bonds is 2. The van der Waals surface area contributed by atoms with Gasteiger partial charge in [-0.25, -0.2) is 4.98 Å². The van der Waals surface area contributed by atoms with E-state index in [4.69, 9.17) is 5.11 Å². The molecule has 0 bridgehead atoms. The summed E-state index contributed by atoms with van der Waals surface area (Å²) in [6.45, 7) is 2.13. The van der Waals surface area contributed by atoms with Crippen LogP contribution in [-0.2, 0) is 0 Å². The second kappa shape index (κ2) is 3.64. The molecule has 2 rings (SSSR count). The predicted octanol–water partition coefficient (Wildman–Crippen LogP) is 1.27. The lowest BCUT2D eigenvalue weighted by Crippen LogP contribution is -2.48. The molecule has 1 fully saturated rings. The van der Waals surface area contributed by atoms with Crippen molar-refractivity contribution < 1.29 is 5.11 Å². The van der Waals surface area contributed by atoms with Gasteiger partial charge in [0.1, 0.15) is 5.82 Å². The molecular weight excluding hydrogens is 232 g/mol. The molecule has 2 heterocycles. The van der Waals surface area contributed by atoms with Crippen LogP contribution in [0.3, 0.4) is 0 Å². The molecule has 1 aliphatic heterocycles. The van der Waals surface area contributed by atoms with Gasteiger partial charge in [0, 0.05) is 36.3 Å². The minimum Gasteiger partial charge on any atom is -0.396 e. The van der Waals surface area contributed by atoms with E-state index in [0.717, 1.165) is 23.4 Å². The fourth-order valence-electron chi connectivity index (χ4n) is 1.43. The van der Waals surface area contributed by atoms with E-state index in [0.29, 0.717) is 5.92 Å². The van der Waals surface area contributed by atoms with Gasteiger partial charge >= 0.3 is 0 Å². The average molecular weight is 243 g/mol. The topological polar surface area (TPSA) is 36.4 Å². The molecule has 0 unspecified atom stereocenters. The normalized spacial score (nSPS) is 17.2. The lowest BCUT2D eigenvalue weighted by atomic mass is 10.0. The van der Waals surface area contributed by atoms with Crippen LogP contribution < -0.4 is 4.90 Å². The fraction of sp³-hybridized carbons (Fsp3) is 0.444. The first kappa shape index (κ1) is 8.97.